The molecule has 146 valence electrons. The Bertz CT molecular complexity index is 871. The Balaban J connectivity index is 1.56. The summed E-state index contributed by atoms with van der Waals surface area (Å²) in [5.41, 5.74) is 2.54. The summed E-state index contributed by atoms with van der Waals surface area (Å²) < 4.78 is 20.4. The maximum absolute atomic E-state index is 14.1. The van der Waals surface area contributed by atoms with E-state index in [4.69, 9.17) is 4.74 Å². The van der Waals surface area contributed by atoms with Crippen molar-refractivity contribution < 1.29 is 9.13 Å². The van der Waals surface area contributed by atoms with Gasteiger partial charge in [0, 0.05) is 5.92 Å². The van der Waals surface area contributed by atoms with Crippen LogP contribution in [0.2, 0.25) is 0 Å². The van der Waals surface area contributed by atoms with Gasteiger partial charge < -0.3 is 4.74 Å². The van der Waals surface area contributed by atoms with E-state index in [1.54, 1.807) is 12.1 Å². The monoisotopic (exact) mass is 377 g/mol. The third-order valence-corrected chi connectivity index (χ3v) is 6.60. The molecule has 2 nitrogen and oxygen atoms in total. The van der Waals surface area contributed by atoms with Crippen molar-refractivity contribution in [3.8, 4) is 11.8 Å². The zero-order chi connectivity index (χ0) is 19.5. The molecular formula is C25H28FNO. The van der Waals surface area contributed by atoms with Crippen LogP contribution in [-0.2, 0) is 6.42 Å². The normalized spacial score (nSPS) is 26.0. The Labute approximate surface area is 167 Å². The summed E-state index contributed by atoms with van der Waals surface area (Å²) >= 11 is 0. The molecular weight excluding hydrogens is 349 g/mol. The molecule has 2 aliphatic carbocycles. The molecule has 0 bridgehead atoms. The minimum Gasteiger partial charge on any atom is -0.484 e. The first kappa shape index (κ1) is 19.0. The lowest BCUT2D eigenvalue weighted by Crippen LogP contribution is -2.18. The smallest absolute Gasteiger partial charge is 0.144 e. The van der Waals surface area contributed by atoms with E-state index in [0.29, 0.717) is 11.7 Å². The SMILES string of the molecule is CCCC1CCC(CC2Cc3ccccc3C2Oc2cccc(F)c2C#N)C1. The van der Waals surface area contributed by atoms with Gasteiger partial charge in [-0.3, -0.25) is 0 Å². The lowest BCUT2D eigenvalue weighted by atomic mass is 9.88. The summed E-state index contributed by atoms with van der Waals surface area (Å²) in [4.78, 5) is 0. The summed E-state index contributed by atoms with van der Waals surface area (Å²) in [6.45, 7) is 2.27. The number of ether oxygens (including phenoxy) is 1. The Morgan fingerprint density at radius 1 is 1.11 bits per heavy atom. The molecule has 0 heterocycles. The summed E-state index contributed by atoms with van der Waals surface area (Å²) in [5, 5.41) is 9.37. The zero-order valence-electron chi connectivity index (χ0n) is 16.5. The van der Waals surface area contributed by atoms with Crippen LogP contribution in [0.25, 0.3) is 0 Å². The van der Waals surface area contributed by atoms with Gasteiger partial charge in [-0.05, 0) is 54.4 Å². The molecule has 2 aromatic carbocycles. The highest BCUT2D eigenvalue weighted by Crippen LogP contribution is 2.46. The first-order valence-corrected chi connectivity index (χ1v) is 10.6. The second kappa shape index (κ2) is 8.35. The molecule has 1 saturated carbocycles. The van der Waals surface area contributed by atoms with Gasteiger partial charge in [0.1, 0.15) is 29.3 Å². The molecule has 0 radical (unpaired) electrons. The van der Waals surface area contributed by atoms with Gasteiger partial charge in [0.15, 0.2) is 0 Å². The number of rotatable bonds is 6. The molecule has 1 fully saturated rings. The van der Waals surface area contributed by atoms with E-state index in [1.165, 1.54) is 49.3 Å². The van der Waals surface area contributed by atoms with Crippen molar-refractivity contribution >= 4 is 0 Å². The molecule has 0 saturated heterocycles. The standard InChI is InChI=1S/C25H28FNO/c1-2-6-17-11-12-18(13-17)14-20-15-19-7-3-4-8-21(19)25(20)28-24-10-5-9-23(26)22(24)16-27/h3-5,7-10,17-18,20,25H,2,6,11-15H2,1H3. The minimum absolute atomic E-state index is 0.00880. The van der Waals surface area contributed by atoms with Crippen molar-refractivity contribution in [2.45, 2.75) is 58.0 Å². The van der Waals surface area contributed by atoms with Crippen LogP contribution in [0.5, 0.6) is 5.75 Å². The topological polar surface area (TPSA) is 33.0 Å². The average Bonchev–Trinajstić information content (AvgIpc) is 3.27. The summed E-state index contributed by atoms with van der Waals surface area (Å²) in [6.07, 6.45) is 8.67. The molecule has 4 atom stereocenters. The highest BCUT2D eigenvalue weighted by atomic mass is 19.1. The van der Waals surface area contributed by atoms with Gasteiger partial charge in [-0.2, -0.15) is 5.26 Å². The number of fused-ring (bicyclic) bond motifs is 1. The first-order chi connectivity index (χ1) is 13.7. The van der Waals surface area contributed by atoms with Crippen molar-refractivity contribution in [1.82, 2.24) is 0 Å². The minimum atomic E-state index is -0.513. The first-order valence-electron chi connectivity index (χ1n) is 10.6. The third-order valence-electron chi connectivity index (χ3n) is 6.60. The van der Waals surface area contributed by atoms with Gasteiger partial charge in [-0.1, -0.05) is 62.9 Å². The zero-order valence-corrected chi connectivity index (χ0v) is 16.5. The van der Waals surface area contributed by atoms with Crippen molar-refractivity contribution in [3.05, 3.63) is 65.0 Å². The van der Waals surface area contributed by atoms with Crippen molar-refractivity contribution in [1.29, 1.82) is 5.26 Å². The van der Waals surface area contributed by atoms with Crippen LogP contribution >= 0.6 is 0 Å². The largest absolute Gasteiger partial charge is 0.484 e. The van der Waals surface area contributed by atoms with Gasteiger partial charge in [-0.25, -0.2) is 4.39 Å². The van der Waals surface area contributed by atoms with E-state index in [1.807, 2.05) is 12.1 Å². The van der Waals surface area contributed by atoms with Crippen molar-refractivity contribution in [2.24, 2.45) is 17.8 Å². The van der Waals surface area contributed by atoms with E-state index < -0.39 is 5.82 Å². The van der Waals surface area contributed by atoms with E-state index in [-0.39, 0.29) is 11.7 Å². The van der Waals surface area contributed by atoms with E-state index in [9.17, 15) is 9.65 Å². The molecule has 3 heteroatoms. The van der Waals surface area contributed by atoms with Gasteiger partial charge in [0.25, 0.3) is 0 Å². The fourth-order valence-electron chi connectivity index (χ4n) is 5.35. The molecule has 2 aliphatic rings. The molecule has 0 amide bonds. The van der Waals surface area contributed by atoms with Gasteiger partial charge in [0.05, 0.1) is 0 Å². The molecule has 0 N–H and O–H groups in total. The number of nitriles is 1. The highest BCUT2D eigenvalue weighted by molar-refractivity contribution is 5.45. The van der Waals surface area contributed by atoms with Gasteiger partial charge in [0.2, 0.25) is 0 Å². The number of hydrogen-bond acceptors (Lipinski definition) is 2. The third kappa shape index (κ3) is 3.78. The van der Waals surface area contributed by atoms with Crippen LogP contribution in [0.4, 0.5) is 4.39 Å². The number of halogens is 1. The number of nitrogens with zero attached hydrogens (tertiary/aromatic N) is 1. The Morgan fingerprint density at radius 2 is 1.93 bits per heavy atom. The second-order valence-electron chi connectivity index (χ2n) is 8.50. The molecule has 0 aliphatic heterocycles. The van der Waals surface area contributed by atoms with Crippen molar-refractivity contribution in [3.63, 3.8) is 0 Å². The van der Waals surface area contributed by atoms with Gasteiger partial charge in [-0.15, -0.1) is 0 Å². The number of hydrogen-bond donors (Lipinski definition) is 0. The number of benzene rings is 2. The molecule has 0 aromatic heterocycles. The Hall–Kier alpha value is -2.34. The molecule has 2 aromatic rings. The molecule has 28 heavy (non-hydrogen) atoms. The average molecular weight is 378 g/mol. The highest BCUT2D eigenvalue weighted by Gasteiger charge is 2.37. The fraction of sp³-hybridized carbons (Fsp3) is 0.480. The molecule has 4 unspecified atom stereocenters. The van der Waals surface area contributed by atoms with Gasteiger partial charge >= 0.3 is 0 Å². The predicted molar refractivity (Wildman–Crippen MR) is 108 cm³/mol. The van der Waals surface area contributed by atoms with E-state index in [0.717, 1.165) is 24.7 Å². The van der Waals surface area contributed by atoms with Crippen LogP contribution in [0, 0.1) is 34.9 Å². The van der Waals surface area contributed by atoms with Crippen LogP contribution in [0.1, 0.15) is 68.2 Å². The molecule has 4 rings (SSSR count). The lowest BCUT2D eigenvalue weighted by Gasteiger charge is -2.25. The predicted octanol–water partition coefficient (Wildman–Crippen LogP) is 6.60. The van der Waals surface area contributed by atoms with E-state index in [2.05, 4.69) is 25.1 Å². The maximum Gasteiger partial charge on any atom is 0.144 e. The summed E-state index contributed by atoms with van der Waals surface area (Å²) in [7, 11) is 0. The maximum atomic E-state index is 14.1. The quantitative estimate of drug-likeness (QED) is 0.568. The van der Waals surface area contributed by atoms with E-state index >= 15 is 0 Å². The molecule has 0 spiro atoms. The van der Waals surface area contributed by atoms with Crippen LogP contribution < -0.4 is 4.74 Å². The van der Waals surface area contributed by atoms with Crippen LogP contribution in [0.15, 0.2) is 42.5 Å². The Morgan fingerprint density at radius 3 is 2.75 bits per heavy atom. The van der Waals surface area contributed by atoms with Crippen LogP contribution in [0.3, 0.4) is 0 Å². The van der Waals surface area contributed by atoms with Crippen LogP contribution in [-0.4, -0.2) is 0 Å². The second-order valence-corrected chi connectivity index (χ2v) is 8.50. The lowest BCUT2D eigenvalue weighted by molar-refractivity contribution is 0.130. The summed E-state index contributed by atoms with van der Waals surface area (Å²) in [5.74, 6) is 1.87. The summed E-state index contributed by atoms with van der Waals surface area (Å²) in [6, 6.07) is 15.0. The fourth-order valence-corrected chi connectivity index (χ4v) is 5.35. The van der Waals surface area contributed by atoms with Crippen molar-refractivity contribution in [2.75, 3.05) is 0 Å². The Kier molecular flexibility index (Phi) is 5.67.